The number of rotatable bonds is 6. The minimum atomic E-state index is 0.407. The first-order chi connectivity index (χ1) is 6.91. The fourth-order valence-electron chi connectivity index (χ4n) is 0.639. The molecule has 14 heavy (non-hydrogen) atoms. The topological polar surface area (TPSA) is 44.5 Å². The van der Waals surface area contributed by atoms with Gasteiger partial charge < -0.3 is 15.2 Å². The summed E-state index contributed by atoms with van der Waals surface area (Å²) in [6.07, 6.45) is 0.836. The molecule has 0 aromatic heterocycles. The van der Waals surface area contributed by atoms with Crippen LogP contribution in [0, 0.1) is 23.7 Å². The molecule has 0 aliphatic carbocycles. The highest BCUT2D eigenvalue weighted by Gasteiger charge is 1.85. The number of hydrogen-bond acceptors (Lipinski definition) is 3. The molecule has 0 unspecified atom stereocenters. The Labute approximate surface area is 86.0 Å². The maximum atomic E-state index is 5.23. The van der Waals surface area contributed by atoms with Crippen molar-refractivity contribution in [3.05, 3.63) is 0 Å². The van der Waals surface area contributed by atoms with Crippen LogP contribution in [0.4, 0.5) is 0 Å². The molecule has 0 atom stereocenters. The average Bonchev–Trinajstić information content (AvgIpc) is 2.21. The number of ether oxygens (including phenoxy) is 2. The second kappa shape index (κ2) is 12.0. The van der Waals surface area contributed by atoms with Crippen LogP contribution in [0.15, 0.2) is 0 Å². The van der Waals surface area contributed by atoms with Crippen LogP contribution in [0.5, 0.6) is 0 Å². The van der Waals surface area contributed by atoms with Crippen molar-refractivity contribution in [3.8, 4) is 23.7 Å². The van der Waals surface area contributed by atoms with E-state index in [2.05, 4.69) is 23.7 Å². The SMILES string of the molecule is CCC#CC#CCOCCOCCN. The summed E-state index contributed by atoms with van der Waals surface area (Å²) in [6, 6.07) is 0. The Morgan fingerprint density at radius 3 is 2.43 bits per heavy atom. The molecule has 0 amide bonds. The van der Waals surface area contributed by atoms with E-state index in [1.54, 1.807) is 0 Å². The molecule has 3 heteroatoms. The molecule has 0 aromatic carbocycles. The predicted molar refractivity (Wildman–Crippen MR) is 56.5 cm³/mol. The third-order valence-electron chi connectivity index (χ3n) is 1.22. The zero-order valence-electron chi connectivity index (χ0n) is 8.64. The van der Waals surface area contributed by atoms with Gasteiger partial charge in [0.15, 0.2) is 0 Å². The summed E-state index contributed by atoms with van der Waals surface area (Å²) in [7, 11) is 0. The molecule has 0 heterocycles. The van der Waals surface area contributed by atoms with Crippen molar-refractivity contribution in [3.63, 3.8) is 0 Å². The summed E-state index contributed by atoms with van der Waals surface area (Å²) < 4.78 is 10.3. The molecular weight excluding hydrogens is 178 g/mol. The standard InChI is InChI=1S/C11H17NO2/c1-2-3-4-5-6-8-13-10-11-14-9-7-12/h2,7-12H2,1H3. The Bertz CT molecular complexity index is 229. The van der Waals surface area contributed by atoms with Crippen molar-refractivity contribution in [2.75, 3.05) is 33.0 Å². The van der Waals surface area contributed by atoms with Gasteiger partial charge in [-0.25, -0.2) is 0 Å². The minimum Gasteiger partial charge on any atom is -0.378 e. The minimum absolute atomic E-state index is 0.407. The average molecular weight is 195 g/mol. The summed E-state index contributed by atoms with van der Waals surface area (Å²) in [5, 5.41) is 0. The molecule has 0 saturated heterocycles. The smallest absolute Gasteiger partial charge is 0.108 e. The van der Waals surface area contributed by atoms with E-state index in [1.165, 1.54) is 0 Å². The van der Waals surface area contributed by atoms with Crippen molar-refractivity contribution in [1.82, 2.24) is 0 Å². The van der Waals surface area contributed by atoms with Crippen LogP contribution in [0.25, 0.3) is 0 Å². The Morgan fingerprint density at radius 1 is 1.00 bits per heavy atom. The Morgan fingerprint density at radius 2 is 1.71 bits per heavy atom. The van der Waals surface area contributed by atoms with Crippen molar-refractivity contribution in [2.24, 2.45) is 5.73 Å². The predicted octanol–water partition coefficient (Wildman–Crippen LogP) is 0.395. The van der Waals surface area contributed by atoms with Crippen molar-refractivity contribution < 1.29 is 9.47 Å². The van der Waals surface area contributed by atoms with Gasteiger partial charge in [-0.05, 0) is 11.8 Å². The molecule has 3 nitrogen and oxygen atoms in total. The third-order valence-corrected chi connectivity index (χ3v) is 1.22. The van der Waals surface area contributed by atoms with Gasteiger partial charge >= 0.3 is 0 Å². The van der Waals surface area contributed by atoms with Crippen LogP contribution in [-0.4, -0.2) is 33.0 Å². The fourth-order valence-corrected chi connectivity index (χ4v) is 0.639. The van der Waals surface area contributed by atoms with Crippen LogP contribution in [-0.2, 0) is 9.47 Å². The van der Waals surface area contributed by atoms with Gasteiger partial charge in [-0.2, -0.15) is 0 Å². The molecule has 0 aromatic rings. The van der Waals surface area contributed by atoms with E-state index in [0.29, 0.717) is 33.0 Å². The van der Waals surface area contributed by atoms with E-state index in [1.807, 2.05) is 6.92 Å². The second-order valence-electron chi connectivity index (χ2n) is 2.41. The molecule has 0 saturated carbocycles. The van der Waals surface area contributed by atoms with Crippen LogP contribution in [0.1, 0.15) is 13.3 Å². The first-order valence-electron chi connectivity index (χ1n) is 4.73. The lowest BCUT2D eigenvalue weighted by atomic mass is 10.4. The third kappa shape index (κ3) is 11.0. The Balaban J connectivity index is 3.15. The van der Waals surface area contributed by atoms with Gasteiger partial charge in [-0.1, -0.05) is 18.8 Å². The van der Waals surface area contributed by atoms with Crippen LogP contribution in [0.3, 0.4) is 0 Å². The monoisotopic (exact) mass is 195 g/mol. The highest BCUT2D eigenvalue weighted by molar-refractivity contribution is 5.25. The van der Waals surface area contributed by atoms with Gasteiger partial charge in [-0.3, -0.25) is 0 Å². The molecule has 0 bridgehead atoms. The Hall–Kier alpha value is -1.00. The number of nitrogens with two attached hydrogens (primary N) is 1. The van der Waals surface area contributed by atoms with E-state index in [0.717, 1.165) is 6.42 Å². The lowest BCUT2D eigenvalue weighted by Gasteiger charge is -2.00. The van der Waals surface area contributed by atoms with Crippen molar-refractivity contribution in [2.45, 2.75) is 13.3 Å². The summed E-state index contributed by atoms with van der Waals surface area (Å²) in [6.45, 7) is 4.64. The van der Waals surface area contributed by atoms with Crippen molar-refractivity contribution >= 4 is 0 Å². The van der Waals surface area contributed by atoms with Gasteiger partial charge in [-0.15, -0.1) is 0 Å². The summed E-state index contributed by atoms with van der Waals surface area (Å²) in [4.78, 5) is 0. The lowest BCUT2D eigenvalue weighted by Crippen LogP contribution is -2.12. The fraction of sp³-hybridized carbons (Fsp3) is 0.636. The summed E-state index contributed by atoms with van der Waals surface area (Å²) in [5.74, 6) is 11.0. The molecule has 78 valence electrons. The van der Waals surface area contributed by atoms with Gasteiger partial charge in [0.05, 0.1) is 19.8 Å². The van der Waals surface area contributed by atoms with E-state index in [4.69, 9.17) is 15.2 Å². The van der Waals surface area contributed by atoms with Crippen molar-refractivity contribution in [1.29, 1.82) is 0 Å². The maximum Gasteiger partial charge on any atom is 0.108 e. The zero-order chi connectivity index (χ0) is 10.5. The normalized spacial score (nSPS) is 8.43. The van der Waals surface area contributed by atoms with E-state index in [-0.39, 0.29) is 0 Å². The number of hydrogen-bond donors (Lipinski definition) is 1. The molecule has 0 aliphatic heterocycles. The summed E-state index contributed by atoms with van der Waals surface area (Å²) >= 11 is 0. The maximum absolute atomic E-state index is 5.23. The quantitative estimate of drug-likeness (QED) is 0.493. The molecule has 0 radical (unpaired) electrons. The van der Waals surface area contributed by atoms with E-state index >= 15 is 0 Å². The second-order valence-corrected chi connectivity index (χ2v) is 2.41. The highest BCUT2D eigenvalue weighted by atomic mass is 16.5. The molecule has 0 rings (SSSR count). The van der Waals surface area contributed by atoms with Gasteiger partial charge in [0.25, 0.3) is 0 Å². The molecule has 0 aliphatic rings. The van der Waals surface area contributed by atoms with Crippen LogP contribution >= 0.6 is 0 Å². The largest absolute Gasteiger partial charge is 0.378 e. The molecular formula is C11H17NO2. The van der Waals surface area contributed by atoms with Gasteiger partial charge in [0.2, 0.25) is 0 Å². The van der Waals surface area contributed by atoms with Crippen LogP contribution in [0.2, 0.25) is 0 Å². The van der Waals surface area contributed by atoms with E-state index < -0.39 is 0 Å². The molecule has 0 spiro atoms. The highest BCUT2D eigenvalue weighted by Crippen LogP contribution is 1.76. The molecule has 0 fully saturated rings. The first kappa shape index (κ1) is 13.0. The van der Waals surface area contributed by atoms with Crippen LogP contribution < -0.4 is 5.73 Å². The Kier molecular flexibility index (Phi) is 11.1. The summed E-state index contributed by atoms with van der Waals surface area (Å²) in [5.41, 5.74) is 5.23. The first-order valence-corrected chi connectivity index (χ1v) is 4.73. The zero-order valence-corrected chi connectivity index (χ0v) is 8.64. The lowest BCUT2D eigenvalue weighted by molar-refractivity contribution is 0.0637. The van der Waals surface area contributed by atoms with Gasteiger partial charge in [0.1, 0.15) is 6.61 Å². The molecule has 2 N–H and O–H groups in total. The van der Waals surface area contributed by atoms with Gasteiger partial charge in [0, 0.05) is 13.0 Å². The van der Waals surface area contributed by atoms with E-state index in [9.17, 15) is 0 Å².